The van der Waals surface area contributed by atoms with E-state index in [1.54, 1.807) is 0 Å². The van der Waals surface area contributed by atoms with E-state index >= 15 is 0 Å². The number of hydrogen-bond acceptors (Lipinski definition) is 5. The Bertz CT molecular complexity index is 490. The fourth-order valence-electron chi connectivity index (χ4n) is 3.98. The standard InChI is InChI=1S/C26H58N4O2S.3ClH/c1-2-3-4-5-6-7-8-9-10-11-12-13-14-17-26-33(31,32)30-25-19-24-29-22-16-15-21-28-23-18-20-27;;;/h28-30H,2-27H2,1H3;3*1H. The van der Waals surface area contributed by atoms with Crippen LogP contribution in [0, 0.1) is 0 Å². The smallest absolute Gasteiger partial charge is 0.211 e. The van der Waals surface area contributed by atoms with Gasteiger partial charge in [-0.1, -0.05) is 90.4 Å². The molecule has 0 aliphatic heterocycles. The summed E-state index contributed by atoms with van der Waals surface area (Å²) in [6, 6.07) is 0. The molecule has 0 aromatic carbocycles. The maximum absolute atomic E-state index is 12.1. The van der Waals surface area contributed by atoms with Crippen LogP contribution in [0.5, 0.6) is 0 Å². The number of nitrogens with two attached hydrogens (primary N) is 1. The molecule has 0 atom stereocenters. The summed E-state index contributed by atoms with van der Waals surface area (Å²) in [5.74, 6) is 0.273. The topological polar surface area (TPSA) is 96.2 Å². The molecule has 0 saturated carbocycles. The maximum atomic E-state index is 12.1. The van der Waals surface area contributed by atoms with Gasteiger partial charge in [-0.3, -0.25) is 0 Å². The Hall–Kier alpha value is 0.660. The molecule has 0 rings (SSSR count). The summed E-state index contributed by atoms with van der Waals surface area (Å²) in [6.07, 6.45) is 22.2. The van der Waals surface area contributed by atoms with E-state index in [4.69, 9.17) is 5.73 Å². The van der Waals surface area contributed by atoms with Gasteiger partial charge in [-0.05, 0) is 64.8 Å². The summed E-state index contributed by atoms with van der Waals surface area (Å²) in [5.41, 5.74) is 5.46. The molecule has 0 aromatic heterocycles. The molecular weight excluding hydrogens is 539 g/mol. The minimum Gasteiger partial charge on any atom is -0.330 e. The van der Waals surface area contributed by atoms with Gasteiger partial charge in [-0.2, -0.15) is 0 Å². The van der Waals surface area contributed by atoms with Gasteiger partial charge in [-0.15, -0.1) is 37.2 Å². The third-order valence-corrected chi connectivity index (χ3v) is 7.60. The Kier molecular flexibility index (Phi) is 43.3. The summed E-state index contributed by atoms with van der Waals surface area (Å²) in [4.78, 5) is 0. The molecule has 0 radical (unpaired) electrons. The van der Waals surface area contributed by atoms with Gasteiger partial charge in [0.15, 0.2) is 0 Å². The van der Waals surface area contributed by atoms with Crippen molar-refractivity contribution in [2.75, 3.05) is 45.0 Å². The molecule has 0 aliphatic carbocycles. The van der Waals surface area contributed by atoms with Crippen molar-refractivity contribution in [1.29, 1.82) is 0 Å². The highest BCUT2D eigenvalue weighted by atomic mass is 35.5. The van der Waals surface area contributed by atoms with Crippen molar-refractivity contribution in [2.24, 2.45) is 5.73 Å². The van der Waals surface area contributed by atoms with Gasteiger partial charge in [0, 0.05) is 6.54 Å². The van der Waals surface area contributed by atoms with Crippen molar-refractivity contribution in [3.8, 4) is 0 Å². The highest BCUT2D eigenvalue weighted by molar-refractivity contribution is 7.89. The van der Waals surface area contributed by atoms with Gasteiger partial charge in [-0.25, -0.2) is 13.1 Å². The lowest BCUT2D eigenvalue weighted by Crippen LogP contribution is -2.29. The van der Waals surface area contributed by atoms with Crippen LogP contribution in [-0.4, -0.2) is 53.4 Å². The summed E-state index contributed by atoms with van der Waals surface area (Å²) in [7, 11) is -3.11. The number of sulfonamides is 1. The predicted octanol–water partition coefficient (Wildman–Crippen LogP) is 6.35. The highest BCUT2D eigenvalue weighted by Crippen LogP contribution is 2.13. The van der Waals surface area contributed by atoms with Crippen LogP contribution in [0.15, 0.2) is 0 Å². The monoisotopic (exact) mass is 598 g/mol. The van der Waals surface area contributed by atoms with Crippen molar-refractivity contribution < 1.29 is 8.42 Å². The predicted molar refractivity (Wildman–Crippen MR) is 167 cm³/mol. The molecule has 0 bridgehead atoms. The number of hydrogen-bond donors (Lipinski definition) is 4. The van der Waals surface area contributed by atoms with Gasteiger partial charge in [0.25, 0.3) is 0 Å². The average Bonchev–Trinajstić information content (AvgIpc) is 2.80. The lowest BCUT2D eigenvalue weighted by molar-refractivity contribution is 0.536. The van der Waals surface area contributed by atoms with E-state index in [1.165, 1.54) is 77.0 Å². The summed E-state index contributed by atoms with van der Waals surface area (Å²) < 4.78 is 26.9. The second-order valence-corrected chi connectivity index (χ2v) is 11.4. The summed E-state index contributed by atoms with van der Waals surface area (Å²) >= 11 is 0. The average molecular weight is 600 g/mol. The molecule has 6 nitrogen and oxygen atoms in total. The van der Waals surface area contributed by atoms with Crippen LogP contribution in [0.4, 0.5) is 0 Å². The van der Waals surface area contributed by atoms with Crippen LogP contribution >= 0.6 is 37.2 Å². The first-order valence-electron chi connectivity index (χ1n) is 14.2. The Morgan fingerprint density at radius 1 is 0.500 bits per heavy atom. The van der Waals surface area contributed by atoms with E-state index < -0.39 is 10.0 Å². The fraction of sp³-hybridized carbons (Fsp3) is 1.00. The maximum Gasteiger partial charge on any atom is 0.211 e. The van der Waals surface area contributed by atoms with Crippen molar-refractivity contribution in [1.82, 2.24) is 15.4 Å². The molecule has 0 saturated heterocycles. The van der Waals surface area contributed by atoms with Crippen LogP contribution in [0.3, 0.4) is 0 Å². The number of nitrogens with one attached hydrogen (secondary N) is 3. The molecular formula is C26H61Cl3N4O2S. The summed E-state index contributed by atoms with van der Waals surface area (Å²) in [6.45, 7) is 7.45. The molecule has 0 aromatic rings. The zero-order valence-corrected chi connectivity index (χ0v) is 26.5. The minimum absolute atomic E-state index is 0. The normalized spacial score (nSPS) is 10.9. The Morgan fingerprint density at radius 2 is 0.889 bits per heavy atom. The van der Waals surface area contributed by atoms with Gasteiger partial charge in [0.1, 0.15) is 0 Å². The number of unbranched alkanes of at least 4 members (excludes halogenated alkanes) is 14. The first-order valence-corrected chi connectivity index (χ1v) is 15.9. The third-order valence-electron chi connectivity index (χ3n) is 6.13. The number of halogens is 3. The Morgan fingerprint density at radius 3 is 1.33 bits per heavy atom. The zero-order chi connectivity index (χ0) is 24.3. The van der Waals surface area contributed by atoms with Crippen LogP contribution in [0.1, 0.15) is 122 Å². The molecule has 0 amide bonds. The van der Waals surface area contributed by atoms with Gasteiger partial charge in [0.05, 0.1) is 5.75 Å². The second-order valence-electron chi connectivity index (χ2n) is 9.51. The van der Waals surface area contributed by atoms with E-state index in [2.05, 4.69) is 22.3 Å². The van der Waals surface area contributed by atoms with Crippen LogP contribution in [0.2, 0.25) is 0 Å². The Balaban J connectivity index is -0.00000171. The van der Waals surface area contributed by atoms with Gasteiger partial charge in [0.2, 0.25) is 10.0 Å². The van der Waals surface area contributed by atoms with Crippen molar-refractivity contribution in [2.45, 2.75) is 122 Å². The summed E-state index contributed by atoms with van der Waals surface area (Å²) in [5, 5.41) is 6.77. The zero-order valence-electron chi connectivity index (χ0n) is 23.2. The molecule has 224 valence electrons. The van der Waals surface area contributed by atoms with Gasteiger partial charge >= 0.3 is 0 Å². The largest absolute Gasteiger partial charge is 0.330 e. The highest BCUT2D eigenvalue weighted by Gasteiger charge is 2.08. The molecule has 5 N–H and O–H groups in total. The van der Waals surface area contributed by atoms with Crippen molar-refractivity contribution in [3.63, 3.8) is 0 Å². The van der Waals surface area contributed by atoms with E-state index in [9.17, 15) is 8.42 Å². The molecule has 0 unspecified atom stereocenters. The number of rotatable bonds is 28. The second kappa shape index (κ2) is 35.7. The molecule has 0 heterocycles. The van der Waals surface area contributed by atoms with E-state index in [1.807, 2.05) is 0 Å². The first kappa shape index (κ1) is 43.7. The third kappa shape index (κ3) is 36.8. The van der Waals surface area contributed by atoms with E-state index in [-0.39, 0.29) is 43.0 Å². The van der Waals surface area contributed by atoms with Crippen molar-refractivity contribution >= 4 is 47.2 Å². The van der Waals surface area contributed by atoms with Gasteiger partial charge < -0.3 is 16.4 Å². The SMILES string of the molecule is CCCCCCCCCCCCCCCCS(=O)(=O)NCCCNCCCCNCCCN.Cl.Cl.Cl. The lowest BCUT2D eigenvalue weighted by Gasteiger charge is -2.08. The quantitative estimate of drug-likeness (QED) is 0.0786. The molecule has 0 aliphatic rings. The fourth-order valence-corrected chi connectivity index (χ4v) is 5.16. The minimum atomic E-state index is -3.11. The van der Waals surface area contributed by atoms with E-state index in [0.29, 0.717) is 6.54 Å². The molecule has 0 fully saturated rings. The van der Waals surface area contributed by atoms with Crippen LogP contribution in [0.25, 0.3) is 0 Å². The van der Waals surface area contributed by atoms with Crippen LogP contribution in [-0.2, 0) is 10.0 Å². The molecule has 10 heteroatoms. The van der Waals surface area contributed by atoms with Crippen LogP contribution < -0.4 is 21.1 Å². The Labute approximate surface area is 243 Å². The molecule has 0 spiro atoms. The van der Waals surface area contributed by atoms with Crippen molar-refractivity contribution in [3.05, 3.63) is 0 Å². The first-order chi connectivity index (χ1) is 16.1. The van der Waals surface area contributed by atoms with E-state index in [0.717, 1.165) is 71.2 Å². The molecule has 36 heavy (non-hydrogen) atoms. The lowest BCUT2D eigenvalue weighted by atomic mass is 10.0.